The van der Waals surface area contributed by atoms with Crippen molar-refractivity contribution in [3.05, 3.63) is 51.5 Å². The molecule has 2 aromatic carbocycles. The normalized spacial score (nSPS) is 10.6. The number of nitrogens with zero attached hydrogens (tertiary/aromatic N) is 1. The Labute approximate surface area is 158 Å². The highest BCUT2D eigenvalue weighted by Gasteiger charge is 2.06. The third kappa shape index (κ3) is 5.65. The van der Waals surface area contributed by atoms with Gasteiger partial charge in [-0.1, -0.05) is 27.5 Å². The molecule has 0 aliphatic rings. The quantitative estimate of drug-likeness (QED) is 0.541. The number of carbonyl (C=O) groups is 1. The van der Waals surface area contributed by atoms with Crippen molar-refractivity contribution in [2.45, 2.75) is 0 Å². The summed E-state index contributed by atoms with van der Waals surface area (Å²) in [6, 6.07) is 10.4. The van der Waals surface area contributed by atoms with Crippen LogP contribution in [0.1, 0.15) is 5.56 Å². The molecule has 0 aliphatic carbocycles. The zero-order valence-corrected chi connectivity index (χ0v) is 15.9. The summed E-state index contributed by atoms with van der Waals surface area (Å²) in [7, 11) is 3.11. The number of amides is 1. The molecule has 2 rings (SSSR count). The van der Waals surface area contributed by atoms with E-state index < -0.39 is 5.91 Å². The first kappa shape index (κ1) is 19.1. The molecule has 8 heteroatoms. The SMILES string of the molecule is COc1ccc(/C=N/NC(=O)COc2ccc(Br)cc2Cl)cc1OC. The van der Waals surface area contributed by atoms with E-state index in [0.717, 1.165) is 10.0 Å². The topological polar surface area (TPSA) is 69.2 Å². The Morgan fingerprint density at radius 3 is 2.56 bits per heavy atom. The molecule has 132 valence electrons. The van der Waals surface area contributed by atoms with Gasteiger partial charge in [0.05, 0.1) is 25.5 Å². The van der Waals surface area contributed by atoms with E-state index in [9.17, 15) is 4.79 Å². The molecular formula is C17H16BrClN2O4. The van der Waals surface area contributed by atoms with Gasteiger partial charge < -0.3 is 14.2 Å². The lowest BCUT2D eigenvalue weighted by Crippen LogP contribution is -2.24. The predicted molar refractivity (Wildman–Crippen MR) is 99.9 cm³/mol. The second kappa shape index (κ2) is 9.29. The lowest BCUT2D eigenvalue weighted by molar-refractivity contribution is -0.123. The molecule has 0 aliphatic heterocycles. The first-order valence-corrected chi connectivity index (χ1v) is 8.32. The van der Waals surface area contributed by atoms with Crippen LogP contribution in [-0.2, 0) is 4.79 Å². The highest BCUT2D eigenvalue weighted by molar-refractivity contribution is 9.10. The van der Waals surface area contributed by atoms with Crippen LogP contribution in [0.15, 0.2) is 46.0 Å². The Bertz CT molecular complexity index is 783. The molecule has 0 fully saturated rings. The molecule has 0 saturated carbocycles. The second-order valence-electron chi connectivity index (χ2n) is 4.77. The number of carbonyl (C=O) groups excluding carboxylic acids is 1. The molecule has 0 aromatic heterocycles. The monoisotopic (exact) mass is 426 g/mol. The van der Waals surface area contributed by atoms with Crippen LogP contribution in [0.5, 0.6) is 17.2 Å². The molecular weight excluding hydrogens is 412 g/mol. The van der Waals surface area contributed by atoms with Gasteiger partial charge in [0.2, 0.25) is 0 Å². The van der Waals surface area contributed by atoms with E-state index in [0.29, 0.717) is 22.3 Å². The largest absolute Gasteiger partial charge is 0.493 e. The third-order valence-corrected chi connectivity index (χ3v) is 3.85. The Morgan fingerprint density at radius 2 is 1.88 bits per heavy atom. The Morgan fingerprint density at radius 1 is 1.16 bits per heavy atom. The first-order valence-electron chi connectivity index (χ1n) is 7.15. The van der Waals surface area contributed by atoms with Crippen LogP contribution in [0.25, 0.3) is 0 Å². The predicted octanol–water partition coefficient (Wildman–Crippen LogP) is 3.65. The zero-order chi connectivity index (χ0) is 18.2. The molecule has 0 spiro atoms. The molecule has 0 bridgehead atoms. The Kier molecular flexibility index (Phi) is 7.09. The van der Waals surface area contributed by atoms with Gasteiger partial charge in [0.15, 0.2) is 18.1 Å². The van der Waals surface area contributed by atoms with E-state index in [1.54, 1.807) is 50.6 Å². The number of rotatable bonds is 7. The van der Waals surface area contributed by atoms with Crippen molar-refractivity contribution < 1.29 is 19.0 Å². The summed E-state index contributed by atoms with van der Waals surface area (Å²) in [6.07, 6.45) is 1.49. The van der Waals surface area contributed by atoms with Gasteiger partial charge in [0.1, 0.15) is 5.75 Å². The van der Waals surface area contributed by atoms with Gasteiger partial charge in [-0.2, -0.15) is 5.10 Å². The highest BCUT2D eigenvalue weighted by atomic mass is 79.9. The number of nitrogens with one attached hydrogen (secondary N) is 1. The minimum atomic E-state index is -0.407. The van der Waals surface area contributed by atoms with Gasteiger partial charge in [-0.3, -0.25) is 4.79 Å². The summed E-state index contributed by atoms with van der Waals surface area (Å²) in [6.45, 7) is -0.204. The molecule has 0 heterocycles. The number of hydrogen-bond donors (Lipinski definition) is 1. The standard InChI is InChI=1S/C17H16BrClN2O4/c1-23-15-5-3-11(7-16(15)24-2)9-20-21-17(22)10-25-14-6-4-12(18)8-13(14)19/h3-9H,10H2,1-2H3,(H,21,22)/b20-9+. The number of hydrazone groups is 1. The third-order valence-electron chi connectivity index (χ3n) is 3.06. The summed E-state index contributed by atoms with van der Waals surface area (Å²) in [5.74, 6) is 1.20. The van der Waals surface area contributed by atoms with Crippen molar-refractivity contribution in [3.63, 3.8) is 0 Å². The van der Waals surface area contributed by atoms with Crippen LogP contribution in [0.4, 0.5) is 0 Å². The second-order valence-corrected chi connectivity index (χ2v) is 6.09. The molecule has 25 heavy (non-hydrogen) atoms. The first-order chi connectivity index (χ1) is 12.0. The average molecular weight is 428 g/mol. The van der Waals surface area contributed by atoms with E-state index in [4.69, 9.17) is 25.8 Å². The molecule has 1 N–H and O–H groups in total. The number of ether oxygens (including phenoxy) is 3. The van der Waals surface area contributed by atoms with E-state index in [1.165, 1.54) is 6.21 Å². The minimum Gasteiger partial charge on any atom is -0.493 e. The average Bonchev–Trinajstić information content (AvgIpc) is 2.60. The fourth-order valence-electron chi connectivity index (χ4n) is 1.88. The van der Waals surface area contributed by atoms with Gasteiger partial charge in [0, 0.05) is 4.47 Å². The maximum atomic E-state index is 11.8. The maximum Gasteiger partial charge on any atom is 0.277 e. The minimum absolute atomic E-state index is 0.204. The molecule has 0 radical (unpaired) electrons. The zero-order valence-electron chi connectivity index (χ0n) is 13.6. The van der Waals surface area contributed by atoms with E-state index in [-0.39, 0.29) is 6.61 Å². The molecule has 1 amide bonds. The highest BCUT2D eigenvalue weighted by Crippen LogP contribution is 2.28. The van der Waals surface area contributed by atoms with Crippen LogP contribution in [-0.4, -0.2) is 32.9 Å². The molecule has 0 unspecified atom stereocenters. The summed E-state index contributed by atoms with van der Waals surface area (Å²) >= 11 is 9.31. The molecule has 6 nitrogen and oxygen atoms in total. The van der Waals surface area contributed by atoms with E-state index >= 15 is 0 Å². The van der Waals surface area contributed by atoms with Gasteiger partial charge in [-0.05, 0) is 42.0 Å². The smallest absolute Gasteiger partial charge is 0.277 e. The number of benzene rings is 2. The van der Waals surface area contributed by atoms with Crippen molar-refractivity contribution in [2.75, 3.05) is 20.8 Å². The van der Waals surface area contributed by atoms with Gasteiger partial charge in [-0.15, -0.1) is 0 Å². The Balaban J connectivity index is 1.88. The van der Waals surface area contributed by atoms with Crippen LogP contribution in [0.2, 0.25) is 5.02 Å². The summed E-state index contributed by atoms with van der Waals surface area (Å²) in [5, 5.41) is 4.29. The fourth-order valence-corrected chi connectivity index (χ4v) is 2.61. The summed E-state index contributed by atoms with van der Waals surface area (Å²) in [5.41, 5.74) is 3.12. The van der Waals surface area contributed by atoms with E-state index in [2.05, 4.69) is 26.5 Å². The molecule has 2 aromatic rings. The lowest BCUT2D eigenvalue weighted by atomic mass is 10.2. The van der Waals surface area contributed by atoms with Crippen molar-refractivity contribution in [3.8, 4) is 17.2 Å². The molecule has 0 atom stereocenters. The van der Waals surface area contributed by atoms with E-state index in [1.807, 2.05) is 0 Å². The summed E-state index contributed by atoms with van der Waals surface area (Å²) < 4.78 is 16.5. The number of hydrogen-bond acceptors (Lipinski definition) is 5. The maximum absolute atomic E-state index is 11.8. The summed E-state index contributed by atoms with van der Waals surface area (Å²) in [4.78, 5) is 11.8. The van der Waals surface area contributed by atoms with Gasteiger partial charge in [-0.25, -0.2) is 5.43 Å². The van der Waals surface area contributed by atoms with Crippen LogP contribution < -0.4 is 19.6 Å². The number of methoxy groups -OCH3 is 2. The van der Waals surface area contributed by atoms with Crippen LogP contribution >= 0.6 is 27.5 Å². The van der Waals surface area contributed by atoms with Gasteiger partial charge in [0.25, 0.3) is 5.91 Å². The van der Waals surface area contributed by atoms with Crippen LogP contribution in [0.3, 0.4) is 0 Å². The van der Waals surface area contributed by atoms with Crippen molar-refractivity contribution >= 4 is 39.7 Å². The molecule has 0 saturated heterocycles. The van der Waals surface area contributed by atoms with Crippen molar-refractivity contribution in [1.82, 2.24) is 5.43 Å². The Hall–Kier alpha value is -2.25. The van der Waals surface area contributed by atoms with Crippen molar-refractivity contribution in [1.29, 1.82) is 0 Å². The van der Waals surface area contributed by atoms with Crippen molar-refractivity contribution in [2.24, 2.45) is 5.10 Å². The number of halogens is 2. The fraction of sp³-hybridized carbons (Fsp3) is 0.176. The van der Waals surface area contributed by atoms with Gasteiger partial charge >= 0.3 is 0 Å². The van der Waals surface area contributed by atoms with Crippen LogP contribution in [0, 0.1) is 0 Å². The lowest BCUT2D eigenvalue weighted by Gasteiger charge is -2.08.